The van der Waals surface area contributed by atoms with Crippen molar-refractivity contribution in [1.82, 2.24) is 10.3 Å². The molecular weight excluding hydrogens is 257 g/mol. The first kappa shape index (κ1) is 14.6. The summed E-state index contributed by atoms with van der Waals surface area (Å²) in [5, 5.41) is 0. The molecule has 1 aliphatic rings. The van der Waals surface area contributed by atoms with Crippen molar-refractivity contribution in [3.8, 4) is 0 Å². The largest absolute Gasteiger partial charge is 0.366 e. The van der Waals surface area contributed by atoms with Gasteiger partial charge in [0.05, 0.1) is 5.69 Å². The number of benzene rings is 1. The maximum Gasteiger partial charge on any atom is 0.208 e. The standard InChI is InChI=1S/C14H22FN5/c1-2-7-17-14(18-16)20-10-8-19(9-11-20)13-6-4-3-5-12(13)15/h3-6H,2,7-11,16H2,1H3,(H,17,18). The van der Waals surface area contributed by atoms with Gasteiger partial charge in [0.15, 0.2) is 0 Å². The highest BCUT2D eigenvalue weighted by Gasteiger charge is 2.21. The Bertz CT molecular complexity index is 455. The average molecular weight is 279 g/mol. The molecule has 1 aliphatic heterocycles. The Hall–Kier alpha value is -1.82. The zero-order valence-electron chi connectivity index (χ0n) is 11.8. The summed E-state index contributed by atoms with van der Waals surface area (Å²) in [5.74, 6) is 6.07. The molecule has 0 aromatic heterocycles. The van der Waals surface area contributed by atoms with Gasteiger partial charge in [0.1, 0.15) is 5.82 Å². The second kappa shape index (κ2) is 7.09. The van der Waals surface area contributed by atoms with E-state index < -0.39 is 0 Å². The summed E-state index contributed by atoms with van der Waals surface area (Å²) >= 11 is 0. The third-order valence-electron chi connectivity index (χ3n) is 3.39. The van der Waals surface area contributed by atoms with Crippen molar-refractivity contribution in [3.63, 3.8) is 0 Å². The van der Waals surface area contributed by atoms with Gasteiger partial charge in [-0.3, -0.25) is 10.4 Å². The van der Waals surface area contributed by atoms with E-state index in [-0.39, 0.29) is 5.82 Å². The van der Waals surface area contributed by atoms with Crippen LogP contribution >= 0.6 is 0 Å². The van der Waals surface area contributed by atoms with Gasteiger partial charge < -0.3 is 9.80 Å². The van der Waals surface area contributed by atoms with E-state index in [9.17, 15) is 4.39 Å². The summed E-state index contributed by atoms with van der Waals surface area (Å²) in [6.45, 7) is 5.91. The maximum atomic E-state index is 13.8. The molecule has 1 heterocycles. The molecular formula is C14H22FN5. The molecule has 110 valence electrons. The van der Waals surface area contributed by atoms with Gasteiger partial charge in [-0.2, -0.15) is 0 Å². The molecule has 0 amide bonds. The Labute approximate surface area is 119 Å². The Balaban J connectivity index is 1.97. The highest BCUT2D eigenvalue weighted by molar-refractivity contribution is 5.79. The van der Waals surface area contributed by atoms with E-state index in [4.69, 9.17) is 5.84 Å². The molecule has 1 aromatic carbocycles. The minimum atomic E-state index is -0.169. The number of guanidine groups is 1. The summed E-state index contributed by atoms with van der Waals surface area (Å²) in [4.78, 5) is 8.57. The minimum Gasteiger partial charge on any atom is -0.366 e. The van der Waals surface area contributed by atoms with Crippen molar-refractivity contribution >= 4 is 11.6 Å². The quantitative estimate of drug-likeness (QED) is 0.377. The molecule has 5 nitrogen and oxygen atoms in total. The first-order chi connectivity index (χ1) is 9.76. The molecule has 20 heavy (non-hydrogen) atoms. The number of para-hydroxylation sites is 1. The lowest BCUT2D eigenvalue weighted by Gasteiger charge is -2.37. The topological polar surface area (TPSA) is 56.9 Å². The molecule has 0 aliphatic carbocycles. The molecule has 1 aromatic rings. The summed E-state index contributed by atoms with van der Waals surface area (Å²) in [5.41, 5.74) is 3.32. The van der Waals surface area contributed by atoms with E-state index in [1.54, 1.807) is 6.07 Å². The van der Waals surface area contributed by atoms with Crippen molar-refractivity contribution in [2.75, 3.05) is 37.6 Å². The van der Waals surface area contributed by atoms with Gasteiger partial charge >= 0.3 is 0 Å². The van der Waals surface area contributed by atoms with Crippen LogP contribution in [0.5, 0.6) is 0 Å². The molecule has 0 radical (unpaired) electrons. The van der Waals surface area contributed by atoms with Crippen molar-refractivity contribution < 1.29 is 4.39 Å². The minimum absolute atomic E-state index is 0.169. The van der Waals surface area contributed by atoms with E-state index >= 15 is 0 Å². The van der Waals surface area contributed by atoms with Crippen LogP contribution in [0.15, 0.2) is 29.3 Å². The van der Waals surface area contributed by atoms with E-state index in [1.807, 2.05) is 12.1 Å². The van der Waals surface area contributed by atoms with Crippen LogP contribution in [-0.2, 0) is 0 Å². The van der Waals surface area contributed by atoms with Gasteiger partial charge in [-0.15, -0.1) is 0 Å². The number of aliphatic imine (C=N–C) groups is 1. The third-order valence-corrected chi connectivity index (χ3v) is 3.39. The number of piperazine rings is 1. The average Bonchev–Trinajstić information content (AvgIpc) is 2.49. The highest BCUT2D eigenvalue weighted by Crippen LogP contribution is 2.20. The van der Waals surface area contributed by atoms with Crippen molar-refractivity contribution in [3.05, 3.63) is 30.1 Å². The second-order valence-corrected chi connectivity index (χ2v) is 4.78. The lowest BCUT2D eigenvalue weighted by molar-refractivity contribution is 0.370. The Morgan fingerprint density at radius 1 is 1.30 bits per heavy atom. The highest BCUT2D eigenvalue weighted by atomic mass is 19.1. The van der Waals surface area contributed by atoms with Crippen molar-refractivity contribution in [2.45, 2.75) is 13.3 Å². The predicted octanol–water partition coefficient (Wildman–Crippen LogP) is 1.18. The van der Waals surface area contributed by atoms with Crippen LogP contribution in [0, 0.1) is 5.82 Å². The number of nitrogens with two attached hydrogens (primary N) is 1. The third kappa shape index (κ3) is 3.39. The maximum absolute atomic E-state index is 13.8. The number of nitrogens with one attached hydrogen (secondary N) is 1. The van der Waals surface area contributed by atoms with Gasteiger partial charge in [0, 0.05) is 32.7 Å². The number of hydrazine groups is 1. The van der Waals surface area contributed by atoms with E-state index in [2.05, 4.69) is 27.1 Å². The number of hydrogen-bond acceptors (Lipinski definition) is 3. The van der Waals surface area contributed by atoms with Crippen LogP contribution in [0.2, 0.25) is 0 Å². The monoisotopic (exact) mass is 279 g/mol. The zero-order chi connectivity index (χ0) is 14.4. The molecule has 0 atom stereocenters. The summed E-state index contributed by atoms with van der Waals surface area (Å²) in [6.07, 6.45) is 0.986. The van der Waals surface area contributed by atoms with Crippen LogP contribution in [0.3, 0.4) is 0 Å². The lowest BCUT2D eigenvalue weighted by Crippen LogP contribution is -2.54. The van der Waals surface area contributed by atoms with Gasteiger partial charge in [0.2, 0.25) is 5.96 Å². The first-order valence-electron chi connectivity index (χ1n) is 7.01. The van der Waals surface area contributed by atoms with E-state index in [0.29, 0.717) is 5.69 Å². The first-order valence-corrected chi connectivity index (χ1v) is 7.01. The number of nitrogens with zero attached hydrogens (tertiary/aromatic N) is 3. The number of halogens is 1. The van der Waals surface area contributed by atoms with Gasteiger partial charge in [0.25, 0.3) is 0 Å². The SMILES string of the molecule is CCCN=C(NN)N1CCN(c2ccccc2F)CC1. The number of anilines is 1. The molecule has 0 saturated carbocycles. The van der Waals surface area contributed by atoms with Crippen LogP contribution in [0.25, 0.3) is 0 Å². The molecule has 3 N–H and O–H groups in total. The van der Waals surface area contributed by atoms with Crippen molar-refractivity contribution in [2.24, 2.45) is 10.8 Å². The summed E-state index contributed by atoms with van der Waals surface area (Å²) in [7, 11) is 0. The molecule has 0 unspecified atom stereocenters. The summed E-state index contributed by atoms with van der Waals surface area (Å²) in [6, 6.07) is 6.89. The predicted molar refractivity (Wildman–Crippen MR) is 80.1 cm³/mol. The smallest absolute Gasteiger partial charge is 0.208 e. The lowest BCUT2D eigenvalue weighted by atomic mass is 10.2. The fraction of sp³-hybridized carbons (Fsp3) is 0.500. The van der Waals surface area contributed by atoms with Gasteiger partial charge in [-0.25, -0.2) is 10.2 Å². The van der Waals surface area contributed by atoms with Crippen molar-refractivity contribution in [1.29, 1.82) is 0 Å². The molecule has 0 bridgehead atoms. The molecule has 2 rings (SSSR count). The molecule has 1 saturated heterocycles. The fourth-order valence-electron chi connectivity index (χ4n) is 2.32. The Morgan fingerprint density at radius 3 is 2.60 bits per heavy atom. The van der Waals surface area contributed by atoms with Crippen LogP contribution < -0.4 is 16.2 Å². The number of rotatable bonds is 3. The van der Waals surface area contributed by atoms with Gasteiger partial charge in [-0.1, -0.05) is 19.1 Å². The molecule has 0 spiro atoms. The molecule has 6 heteroatoms. The zero-order valence-corrected chi connectivity index (χ0v) is 11.8. The number of hydrogen-bond donors (Lipinski definition) is 2. The Kier molecular flexibility index (Phi) is 5.17. The van der Waals surface area contributed by atoms with Crippen LogP contribution in [0.4, 0.5) is 10.1 Å². The molecule has 1 fully saturated rings. The second-order valence-electron chi connectivity index (χ2n) is 4.78. The van der Waals surface area contributed by atoms with Gasteiger partial charge in [-0.05, 0) is 18.6 Å². The summed E-state index contributed by atoms with van der Waals surface area (Å²) < 4.78 is 13.8. The van der Waals surface area contributed by atoms with E-state index in [1.165, 1.54) is 6.07 Å². The van der Waals surface area contributed by atoms with Crippen LogP contribution in [-0.4, -0.2) is 43.6 Å². The van der Waals surface area contributed by atoms with Crippen LogP contribution in [0.1, 0.15) is 13.3 Å². The fourth-order valence-corrected chi connectivity index (χ4v) is 2.32. The Morgan fingerprint density at radius 2 is 2.00 bits per heavy atom. The normalized spacial score (nSPS) is 16.4. The van der Waals surface area contributed by atoms with E-state index in [0.717, 1.165) is 45.1 Å².